The van der Waals surface area contributed by atoms with Gasteiger partial charge in [0, 0.05) is 31.7 Å². The summed E-state index contributed by atoms with van der Waals surface area (Å²) >= 11 is 1.88. The van der Waals surface area contributed by atoms with E-state index in [2.05, 4.69) is 147 Å². The maximum Gasteiger partial charge on any atom is 0.161 e. The molecule has 1 aromatic heterocycles. The van der Waals surface area contributed by atoms with Crippen molar-refractivity contribution in [1.29, 1.82) is 0 Å². The van der Waals surface area contributed by atoms with E-state index in [0.29, 0.717) is 0 Å². The number of para-hydroxylation sites is 1. The number of aromatic nitrogens is 2. The fraction of sp³-hybridized carbons (Fsp3) is 0.0732. The van der Waals surface area contributed by atoms with Crippen LogP contribution in [-0.4, -0.2) is 9.97 Å². The highest BCUT2D eigenvalue weighted by Crippen LogP contribution is 2.49. The van der Waals surface area contributed by atoms with Gasteiger partial charge >= 0.3 is 0 Å². The van der Waals surface area contributed by atoms with Gasteiger partial charge in [0.15, 0.2) is 5.82 Å². The van der Waals surface area contributed by atoms with Gasteiger partial charge < -0.3 is 0 Å². The fourth-order valence-corrected chi connectivity index (χ4v) is 7.78. The third-order valence-corrected chi connectivity index (χ3v) is 9.93. The van der Waals surface area contributed by atoms with Crippen molar-refractivity contribution in [1.82, 2.24) is 9.97 Å². The summed E-state index contributed by atoms with van der Waals surface area (Å²) in [6, 6.07) is 51.7. The summed E-state index contributed by atoms with van der Waals surface area (Å²) in [5.41, 5.74) is 11.4. The van der Waals surface area contributed by atoms with Crippen LogP contribution in [0.15, 0.2) is 155 Å². The van der Waals surface area contributed by atoms with Crippen LogP contribution in [0.5, 0.6) is 0 Å². The van der Waals surface area contributed by atoms with Crippen molar-refractivity contribution in [2.75, 3.05) is 0 Å². The van der Waals surface area contributed by atoms with Gasteiger partial charge in [-0.05, 0) is 57.6 Å². The summed E-state index contributed by atoms with van der Waals surface area (Å²) in [5, 5.41) is 1.05. The Bertz CT molecular complexity index is 2160. The second kappa shape index (κ2) is 10.6. The Hall–Kier alpha value is -4.99. The number of nitrogens with zero attached hydrogens (tertiary/aromatic N) is 2. The van der Waals surface area contributed by atoms with Gasteiger partial charge in [0.25, 0.3) is 0 Å². The lowest BCUT2D eigenvalue weighted by Gasteiger charge is -2.34. The van der Waals surface area contributed by atoms with Crippen LogP contribution in [0.4, 0.5) is 0 Å². The molecule has 1 aliphatic rings. The molecule has 210 valence electrons. The molecule has 0 fully saturated rings. The Balaban J connectivity index is 1.18. The second-order valence-corrected chi connectivity index (χ2v) is 12.9. The molecule has 0 atom stereocenters. The Kier molecular flexibility index (Phi) is 6.43. The third-order valence-electron chi connectivity index (χ3n) is 8.78. The molecule has 2 nitrogen and oxygen atoms in total. The molecule has 2 heterocycles. The summed E-state index contributed by atoms with van der Waals surface area (Å²) in [5.74, 6) is 0.733. The van der Waals surface area contributed by atoms with Crippen LogP contribution in [0.1, 0.15) is 25.0 Å². The molecule has 0 spiro atoms. The van der Waals surface area contributed by atoms with Crippen molar-refractivity contribution in [2.45, 2.75) is 29.1 Å². The predicted molar refractivity (Wildman–Crippen MR) is 184 cm³/mol. The predicted octanol–water partition coefficient (Wildman–Crippen LogP) is 11.1. The van der Waals surface area contributed by atoms with Gasteiger partial charge in [-0.15, -0.1) is 0 Å². The average molecular weight is 583 g/mol. The normalized spacial score (nSPS) is 13.3. The van der Waals surface area contributed by atoms with Crippen molar-refractivity contribution >= 4 is 22.7 Å². The molecule has 6 aromatic carbocycles. The first-order valence-electron chi connectivity index (χ1n) is 15.0. The minimum absolute atomic E-state index is 0.0511. The Morgan fingerprint density at radius 1 is 0.477 bits per heavy atom. The van der Waals surface area contributed by atoms with Gasteiger partial charge in [0.1, 0.15) is 0 Å². The highest BCUT2D eigenvalue weighted by molar-refractivity contribution is 7.99. The molecule has 8 rings (SSSR count). The number of rotatable bonds is 4. The van der Waals surface area contributed by atoms with E-state index >= 15 is 0 Å². The Morgan fingerprint density at radius 2 is 1.11 bits per heavy atom. The maximum absolute atomic E-state index is 5.15. The number of benzene rings is 6. The molecule has 0 amide bonds. The van der Waals surface area contributed by atoms with Crippen LogP contribution in [0, 0.1) is 0 Å². The summed E-state index contributed by atoms with van der Waals surface area (Å²) in [6.07, 6.45) is 0. The van der Waals surface area contributed by atoms with E-state index in [4.69, 9.17) is 9.97 Å². The van der Waals surface area contributed by atoms with Crippen molar-refractivity contribution in [3.8, 4) is 44.9 Å². The van der Waals surface area contributed by atoms with Crippen molar-refractivity contribution in [3.63, 3.8) is 0 Å². The Labute approximate surface area is 262 Å². The molecule has 0 aliphatic carbocycles. The molecule has 44 heavy (non-hydrogen) atoms. The minimum atomic E-state index is -0.0511. The molecule has 0 saturated carbocycles. The zero-order valence-corrected chi connectivity index (χ0v) is 25.5. The quantitative estimate of drug-likeness (QED) is 0.206. The Morgan fingerprint density at radius 3 is 1.95 bits per heavy atom. The van der Waals surface area contributed by atoms with Crippen LogP contribution < -0.4 is 0 Å². The van der Waals surface area contributed by atoms with Crippen LogP contribution in [-0.2, 0) is 5.41 Å². The van der Waals surface area contributed by atoms with Gasteiger partial charge in [-0.3, -0.25) is 0 Å². The van der Waals surface area contributed by atoms with Crippen LogP contribution in [0.25, 0.3) is 55.8 Å². The summed E-state index contributed by atoms with van der Waals surface area (Å²) in [4.78, 5) is 12.9. The SMILES string of the molecule is CC1(C)c2ccccc2Sc2ccc(-c3ccc(-c4ccccc4-c4nc(-c5ccccc5)c5ccccc5n4)cc3)cc21. The first-order valence-corrected chi connectivity index (χ1v) is 15.8. The van der Waals surface area contributed by atoms with Gasteiger partial charge in [0.2, 0.25) is 0 Å². The molecular formula is C41H30N2S. The zero-order valence-electron chi connectivity index (χ0n) is 24.7. The fourth-order valence-electron chi connectivity index (χ4n) is 6.41. The van der Waals surface area contributed by atoms with E-state index in [1.165, 1.54) is 32.0 Å². The van der Waals surface area contributed by atoms with Crippen molar-refractivity contribution in [3.05, 3.63) is 157 Å². The summed E-state index contributed by atoms with van der Waals surface area (Å²) in [7, 11) is 0. The topological polar surface area (TPSA) is 25.8 Å². The standard InChI is InChI=1S/C41H30N2S/c1-41(2)34-17-9-11-19-37(34)44-38-25-24-30(26-35(38)41)27-20-22-28(23-21-27)31-14-6-7-15-32(31)40-42-36-18-10-8-16-33(36)39(43-40)29-12-4-3-5-13-29/h3-26H,1-2H3. The molecular weight excluding hydrogens is 553 g/mol. The van der Waals surface area contributed by atoms with Crippen molar-refractivity contribution < 1.29 is 0 Å². The molecule has 0 bridgehead atoms. The largest absolute Gasteiger partial charge is 0.228 e. The third kappa shape index (κ3) is 4.52. The summed E-state index contributed by atoms with van der Waals surface area (Å²) in [6.45, 7) is 4.68. The van der Waals surface area contributed by atoms with Crippen LogP contribution in [0.2, 0.25) is 0 Å². The highest BCUT2D eigenvalue weighted by atomic mass is 32.2. The second-order valence-electron chi connectivity index (χ2n) is 11.8. The molecule has 0 radical (unpaired) electrons. The van der Waals surface area contributed by atoms with Gasteiger partial charge in [0.05, 0.1) is 11.2 Å². The maximum atomic E-state index is 5.15. The van der Waals surface area contributed by atoms with Crippen LogP contribution in [0.3, 0.4) is 0 Å². The molecule has 0 unspecified atom stereocenters. The number of fused-ring (bicyclic) bond motifs is 3. The highest BCUT2D eigenvalue weighted by Gasteiger charge is 2.33. The lowest BCUT2D eigenvalue weighted by atomic mass is 9.77. The van der Waals surface area contributed by atoms with Gasteiger partial charge in [-0.1, -0.05) is 147 Å². The van der Waals surface area contributed by atoms with E-state index < -0.39 is 0 Å². The van der Waals surface area contributed by atoms with Crippen LogP contribution >= 0.6 is 11.8 Å². The first-order chi connectivity index (χ1) is 21.6. The first kappa shape index (κ1) is 26.6. The molecule has 7 aromatic rings. The van der Waals surface area contributed by atoms with Gasteiger partial charge in [-0.25, -0.2) is 9.97 Å². The van der Waals surface area contributed by atoms with Gasteiger partial charge in [-0.2, -0.15) is 0 Å². The molecule has 1 aliphatic heterocycles. The molecule has 0 saturated heterocycles. The lowest BCUT2D eigenvalue weighted by Crippen LogP contribution is -2.23. The zero-order chi connectivity index (χ0) is 29.7. The van der Waals surface area contributed by atoms with Crippen molar-refractivity contribution in [2.24, 2.45) is 0 Å². The smallest absolute Gasteiger partial charge is 0.161 e. The minimum Gasteiger partial charge on any atom is -0.228 e. The van der Waals surface area contributed by atoms with E-state index in [-0.39, 0.29) is 5.41 Å². The van der Waals surface area contributed by atoms with E-state index in [0.717, 1.165) is 44.7 Å². The molecule has 3 heteroatoms. The summed E-state index contributed by atoms with van der Waals surface area (Å²) < 4.78 is 0. The van der Waals surface area contributed by atoms with E-state index in [1.54, 1.807) is 0 Å². The number of hydrogen-bond acceptors (Lipinski definition) is 3. The number of hydrogen-bond donors (Lipinski definition) is 0. The monoisotopic (exact) mass is 582 g/mol. The van der Waals surface area contributed by atoms with E-state index in [9.17, 15) is 0 Å². The lowest BCUT2D eigenvalue weighted by molar-refractivity contribution is 0.607. The average Bonchev–Trinajstić information content (AvgIpc) is 3.08. The molecule has 0 N–H and O–H groups in total. The van der Waals surface area contributed by atoms with E-state index in [1.807, 2.05) is 23.9 Å².